The molecule has 0 aromatic rings. The van der Waals surface area contributed by atoms with E-state index in [1.165, 1.54) is 0 Å². The molecular weight excluding hydrogens is 235 g/mol. The van der Waals surface area contributed by atoms with Crippen molar-refractivity contribution >= 4 is 9.44 Å². The molecule has 0 unspecified atom stereocenters. The van der Waals surface area contributed by atoms with Crippen molar-refractivity contribution in [3.63, 3.8) is 0 Å². The third kappa shape index (κ3) is 2.43. The van der Waals surface area contributed by atoms with Gasteiger partial charge in [0.2, 0.25) is 0 Å². The van der Waals surface area contributed by atoms with Crippen molar-refractivity contribution in [3.8, 4) is 0 Å². The zero-order valence-corrected chi connectivity index (χ0v) is 9.07. The van der Waals surface area contributed by atoms with Gasteiger partial charge in [-0.25, -0.2) is 0 Å². The zero-order chi connectivity index (χ0) is 10.7. The number of carbonyl (C=O) groups excluding carboxylic acids is 2. The second-order valence-corrected chi connectivity index (χ2v) is 4.44. The van der Waals surface area contributed by atoms with Crippen LogP contribution in [-0.4, -0.2) is 9.44 Å². The standard InChI is InChI=1S/2C6H5O.Co/c2*7-5-6-3-1-2-4-6;/h2*1-3H,4H2;. The van der Waals surface area contributed by atoms with Gasteiger partial charge in [0.15, 0.2) is 0 Å². The molecule has 0 bridgehead atoms. The molecule has 2 nitrogen and oxygen atoms in total. The summed E-state index contributed by atoms with van der Waals surface area (Å²) in [6.07, 6.45) is 12.4. The molecule has 0 fully saturated rings. The molecule has 0 saturated carbocycles. The van der Waals surface area contributed by atoms with Gasteiger partial charge in [-0.05, 0) is 0 Å². The predicted molar refractivity (Wildman–Crippen MR) is 53.7 cm³/mol. The van der Waals surface area contributed by atoms with Crippen LogP contribution < -0.4 is 0 Å². The quantitative estimate of drug-likeness (QED) is 0.758. The van der Waals surface area contributed by atoms with E-state index in [1.807, 2.05) is 24.3 Å². The van der Waals surface area contributed by atoms with Crippen molar-refractivity contribution in [2.75, 3.05) is 0 Å². The van der Waals surface area contributed by atoms with Crippen LogP contribution in [-0.2, 0) is 24.3 Å². The van der Waals surface area contributed by atoms with Crippen molar-refractivity contribution in [1.29, 1.82) is 0 Å². The third-order valence-electron chi connectivity index (χ3n) is 2.17. The van der Waals surface area contributed by atoms with Gasteiger partial charge in [0.05, 0.1) is 0 Å². The summed E-state index contributed by atoms with van der Waals surface area (Å²) in [6, 6.07) is 0. The Morgan fingerprint density at radius 2 is 1.40 bits per heavy atom. The average Bonchev–Trinajstić information content (AvgIpc) is 2.91. The van der Waals surface area contributed by atoms with Gasteiger partial charge in [0, 0.05) is 0 Å². The van der Waals surface area contributed by atoms with Crippen LogP contribution >= 0.6 is 0 Å². The molecular formula is C12H10CoO2. The summed E-state index contributed by atoms with van der Waals surface area (Å²) in [4.78, 5) is 23.2. The number of allylic oxidation sites excluding steroid dienone is 8. The summed E-state index contributed by atoms with van der Waals surface area (Å²) >= 11 is 0.309. The summed E-state index contributed by atoms with van der Waals surface area (Å²) in [5.74, 6) is 0. The molecule has 0 spiro atoms. The van der Waals surface area contributed by atoms with Gasteiger partial charge in [-0.2, -0.15) is 0 Å². The predicted octanol–water partition coefficient (Wildman–Crippen LogP) is 1.89. The normalized spacial score (nSPS) is 18.1. The molecule has 0 atom stereocenters. The molecule has 0 aliphatic heterocycles. The Balaban J connectivity index is 1.92. The van der Waals surface area contributed by atoms with Gasteiger partial charge in [-0.1, -0.05) is 0 Å². The first-order chi connectivity index (χ1) is 7.27. The molecule has 0 radical (unpaired) electrons. The first-order valence-corrected chi connectivity index (χ1v) is 5.72. The second-order valence-electron chi connectivity index (χ2n) is 3.24. The Labute approximate surface area is 94.4 Å². The van der Waals surface area contributed by atoms with Crippen LogP contribution in [0.1, 0.15) is 12.8 Å². The van der Waals surface area contributed by atoms with E-state index in [9.17, 15) is 9.59 Å². The molecule has 2 aliphatic rings. The van der Waals surface area contributed by atoms with Crippen LogP contribution in [0.3, 0.4) is 0 Å². The second kappa shape index (κ2) is 4.55. The average molecular weight is 245 g/mol. The Kier molecular flexibility index (Phi) is 3.13. The summed E-state index contributed by atoms with van der Waals surface area (Å²) in [6.45, 7) is 0. The van der Waals surface area contributed by atoms with Gasteiger partial charge >= 0.3 is 94.2 Å². The number of hydrogen-bond acceptors (Lipinski definition) is 2. The number of rotatable bonds is 4. The van der Waals surface area contributed by atoms with Gasteiger partial charge in [0.25, 0.3) is 0 Å². The molecule has 0 heterocycles. The Morgan fingerprint density at radius 1 is 0.933 bits per heavy atom. The van der Waals surface area contributed by atoms with E-state index in [4.69, 9.17) is 0 Å². The van der Waals surface area contributed by atoms with Crippen molar-refractivity contribution in [2.45, 2.75) is 12.8 Å². The summed E-state index contributed by atoms with van der Waals surface area (Å²) in [5, 5.41) is 0. The van der Waals surface area contributed by atoms with E-state index >= 15 is 0 Å². The minimum atomic E-state index is -0.0750. The Hall–Kier alpha value is -1.19. The number of hydrogen-bond donors (Lipinski definition) is 0. The van der Waals surface area contributed by atoms with Gasteiger partial charge < -0.3 is 0 Å². The fraction of sp³-hybridized carbons (Fsp3) is 0.167. The molecule has 15 heavy (non-hydrogen) atoms. The Bertz CT molecular complexity index is 385. The molecule has 0 aromatic carbocycles. The SMILES string of the molecule is O=[C]([Co][C](=O)C1=CC=CC1)C1=CC=CC1. The molecule has 2 aliphatic carbocycles. The Morgan fingerprint density at radius 3 is 1.73 bits per heavy atom. The van der Waals surface area contributed by atoms with Crippen molar-refractivity contribution < 1.29 is 24.3 Å². The van der Waals surface area contributed by atoms with E-state index in [1.54, 1.807) is 12.2 Å². The maximum atomic E-state index is 11.6. The monoisotopic (exact) mass is 245 g/mol. The van der Waals surface area contributed by atoms with E-state index in [2.05, 4.69) is 0 Å². The molecule has 0 saturated heterocycles. The van der Waals surface area contributed by atoms with Crippen LogP contribution in [0.5, 0.6) is 0 Å². The number of carbonyl (C=O) groups is 2. The molecule has 3 heteroatoms. The van der Waals surface area contributed by atoms with E-state index < -0.39 is 0 Å². The molecule has 2 rings (SSSR count). The van der Waals surface area contributed by atoms with Crippen molar-refractivity contribution in [2.24, 2.45) is 0 Å². The van der Waals surface area contributed by atoms with Crippen molar-refractivity contribution in [3.05, 3.63) is 47.6 Å². The molecule has 79 valence electrons. The fourth-order valence-electron chi connectivity index (χ4n) is 1.35. The minimum absolute atomic E-state index is 0.0750. The van der Waals surface area contributed by atoms with Crippen LogP contribution in [0.2, 0.25) is 0 Å². The summed E-state index contributed by atoms with van der Waals surface area (Å²) < 4.78 is -0.150. The van der Waals surface area contributed by atoms with Crippen LogP contribution in [0.15, 0.2) is 47.6 Å². The molecule has 0 aromatic heterocycles. The van der Waals surface area contributed by atoms with Gasteiger partial charge in [-0.15, -0.1) is 0 Å². The first kappa shape index (κ1) is 10.3. The fourth-order valence-corrected chi connectivity index (χ4v) is 2.28. The maximum absolute atomic E-state index is 11.6. The first-order valence-electron chi connectivity index (χ1n) is 4.68. The summed E-state index contributed by atoms with van der Waals surface area (Å²) in [5.41, 5.74) is 1.46. The van der Waals surface area contributed by atoms with Crippen LogP contribution in [0, 0.1) is 0 Å². The topological polar surface area (TPSA) is 34.1 Å². The van der Waals surface area contributed by atoms with Gasteiger partial charge in [-0.3, -0.25) is 0 Å². The molecule has 0 amide bonds. The van der Waals surface area contributed by atoms with E-state index in [0.29, 0.717) is 27.5 Å². The summed E-state index contributed by atoms with van der Waals surface area (Å²) in [7, 11) is 0. The van der Waals surface area contributed by atoms with E-state index in [-0.39, 0.29) is 9.44 Å². The van der Waals surface area contributed by atoms with E-state index in [0.717, 1.165) is 11.1 Å². The van der Waals surface area contributed by atoms with Gasteiger partial charge in [0.1, 0.15) is 0 Å². The third-order valence-corrected chi connectivity index (χ3v) is 3.31. The zero-order valence-electron chi connectivity index (χ0n) is 8.03. The van der Waals surface area contributed by atoms with Crippen LogP contribution in [0.4, 0.5) is 0 Å². The van der Waals surface area contributed by atoms with Crippen molar-refractivity contribution in [1.82, 2.24) is 0 Å². The molecule has 0 N–H and O–H groups in total. The van der Waals surface area contributed by atoms with Crippen LogP contribution in [0.25, 0.3) is 0 Å².